The van der Waals surface area contributed by atoms with Crippen molar-refractivity contribution in [1.82, 2.24) is 5.32 Å². The van der Waals surface area contributed by atoms with Gasteiger partial charge >= 0.3 is 0 Å². The Balaban J connectivity index is 1.96. The van der Waals surface area contributed by atoms with Crippen molar-refractivity contribution in [1.29, 1.82) is 0 Å². The van der Waals surface area contributed by atoms with E-state index in [0.29, 0.717) is 18.7 Å². The maximum atomic E-state index is 12.2. The number of nitrogens with zero attached hydrogens (tertiary/aromatic N) is 1. The molecule has 1 N–H and O–H groups in total. The Kier molecular flexibility index (Phi) is 6.13. The Labute approximate surface area is 143 Å². The number of carbonyl (C=O) groups is 2. The average molecular weight is 324 g/mol. The first kappa shape index (κ1) is 17.7. The fourth-order valence-electron chi connectivity index (χ4n) is 2.55. The van der Waals surface area contributed by atoms with Crippen molar-refractivity contribution in [2.24, 2.45) is 0 Å². The van der Waals surface area contributed by atoms with E-state index < -0.39 is 0 Å². The van der Waals surface area contributed by atoms with E-state index in [0.717, 1.165) is 17.7 Å². The van der Waals surface area contributed by atoms with E-state index in [1.165, 1.54) is 12.5 Å². The third-order valence-electron chi connectivity index (χ3n) is 3.94. The highest BCUT2D eigenvalue weighted by atomic mass is 16.2. The molecule has 4 heteroatoms. The van der Waals surface area contributed by atoms with Crippen LogP contribution in [0.4, 0.5) is 5.69 Å². The number of anilines is 1. The highest BCUT2D eigenvalue weighted by Gasteiger charge is 2.12. The molecule has 2 aromatic carbocycles. The topological polar surface area (TPSA) is 49.4 Å². The predicted octanol–water partition coefficient (Wildman–Crippen LogP) is 3.34. The van der Waals surface area contributed by atoms with E-state index in [1.54, 1.807) is 11.0 Å². The molecule has 24 heavy (non-hydrogen) atoms. The zero-order valence-corrected chi connectivity index (χ0v) is 14.5. The van der Waals surface area contributed by atoms with Gasteiger partial charge in [-0.3, -0.25) is 9.59 Å². The normalized spacial score (nSPS) is 10.3. The Morgan fingerprint density at radius 2 is 1.79 bits per heavy atom. The lowest BCUT2D eigenvalue weighted by molar-refractivity contribution is -0.116. The molecule has 0 spiro atoms. The smallest absolute Gasteiger partial charge is 0.251 e. The molecule has 0 aliphatic rings. The lowest BCUT2D eigenvalue weighted by atomic mass is 10.1. The molecule has 0 bridgehead atoms. The minimum absolute atomic E-state index is 0.0379. The van der Waals surface area contributed by atoms with E-state index in [4.69, 9.17) is 0 Å². The van der Waals surface area contributed by atoms with Crippen LogP contribution >= 0.6 is 0 Å². The summed E-state index contributed by atoms with van der Waals surface area (Å²) in [6.45, 7) is 6.43. The summed E-state index contributed by atoms with van der Waals surface area (Å²) in [5.41, 5.74) is 3.76. The molecule has 0 fully saturated rings. The number of hydrogen-bond acceptors (Lipinski definition) is 2. The molecule has 0 aliphatic carbocycles. The maximum absolute atomic E-state index is 12.2. The number of aryl methyl sites for hydroxylation is 2. The van der Waals surface area contributed by atoms with Crippen molar-refractivity contribution in [3.05, 3.63) is 65.2 Å². The molecular weight excluding hydrogens is 300 g/mol. The molecule has 2 amide bonds. The van der Waals surface area contributed by atoms with Crippen LogP contribution in [0.3, 0.4) is 0 Å². The molecule has 126 valence electrons. The van der Waals surface area contributed by atoms with E-state index in [9.17, 15) is 9.59 Å². The van der Waals surface area contributed by atoms with Crippen LogP contribution in [0.15, 0.2) is 48.5 Å². The van der Waals surface area contributed by atoms with Crippen LogP contribution in [-0.4, -0.2) is 24.9 Å². The molecule has 4 nitrogen and oxygen atoms in total. The predicted molar refractivity (Wildman–Crippen MR) is 97.4 cm³/mol. The van der Waals surface area contributed by atoms with Crippen LogP contribution in [0.2, 0.25) is 0 Å². The van der Waals surface area contributed by atoms with Crippen molar-refractivity contribution < 1.29 is 9.59 Å². The Morgan fingerprint density at radius 1 is 1.08 bits per heavy atom. The molecule has 0 atom stereocenters. The van der Waals surface area contributed by atoms with Gasteiger partial charge in [0.25, 0.3) is 5.91 Å². The van der Waals surface area contributed by atoms with Gasteiger partial charge in [0, 0.05) is 31.3 Å². The molecule has 2 rings (SSSR count). The number of hydrogen-bond donors (Lipinski definition) is 1. The molecule has 0 saturated carbocycles. The van der Waals surface area contributed by atoms with E-state index in [1.807, 2.05) is 49.4 Å². The van der Waals surface area contributed by atoms with Crippen molar-refractivity contribution in [3.8, 4) is 0 Å². The third kappa shape index (κ3) is 4.69. The summed E-state index contributed by atoms with van der Waals surface area (Å²) in [4.78, 5) is 25.7. The van der Waals surface area contributed by atoms with E-state index >= 15 is 0 Å². The molecule has 0 unspecified atom stereocenters. The second-order valence-electron chi connectivity index (χ2n) is 5.82. The van der Waals surface area contributed by atoms with Gasteiger partial charge in [0.2, 0.25) is 5.91 Å². The van der Waals surface area contributed by atoms with Gasteiger partial charge in [0.05, 0.1) is 0 Å². The number of rotatable bonds is 6. The van der Waals surface area contributed by atoms with E-state index in [-0.39, 0.29) is 11.8 Å². The van der Waals surface area contributed by atoms with Gasteiger partial charge in [-0.05, 0) is 43.2 Å². The Morgan fingerprint density at radius 3 is 2.38 bits per heavy atom. The fraction of sp³-hybridized carbons (Fsp3) is 0.300. The number of nitrogens with one attached hydrogen (secondary N) is 1. The molecule has 0 radical (unpaired) electrons. The number of benzene rings is 2. The van der Waals surface area contributed by atoms with Crippen molar-refractivity contribution >= 4 is 17.5 Å². The molecular formula is C20H24N2O2. The molecule has 2 aromatic rings. The summed E-state index contributed by atoms with van der Waals surface area (Å²) < 4.78 is 0. The summed E-state index contributed by atoms with van der Waals surface area (Å²) in [5, 5.41) is 2.87. The monoisotopic (exact) mass is 324 g/mol. The summed E-state index contributed by atoms with van der Waals surface area (Å²) in [6, 6.07) is 15.4. The van der Waals surface area contributed by atoms with Crippen molar-refractivity contribution in [2.75, 3.05) is 18.0 Å². The zero-order valence-electron chi connectivity index (χ0n) is 14.5. The third-order valence-corrected chi connectivity index (χ3v) is 3.94. The Hall–Kier alpha value is -2.62. The van der Waals surface area contributed by atoms with Gasteiger partial charge in [-0.1, -0.05) is 36.8 Å². The van der Waals surface area contributed by atoms with Gasteiger partial charge in [-0.15, -0.1) is 0 Å². The summed E-state index contributed by atoms with van der Waals surface area (Å²) >= 11 is 0. The molecule has 0 aromatic heterocycles. The van der Waals surface area contributed by atoms with Crippen LogP contribution in [0, 0.1) is 6.92 Å². The highest BCUT2D eigenvalue weighted by Crippen LogP contribution is 2.15. The number of amides is 2. The Bertz CT molecular complexity index is 708. The summed E-state index contributed by atoms with van der Waals surface area (Å²) in [7, 11) is 0. The van der Waals surface area contributed by atoms with Crippen LogP contribution < -0.4 is 10.2 Å². The maximum Gasteiger partial charge on any atom is 0.251 e. The number of carbonyl (C=O) groups excluding carboxylic acids is 2. The van der Waals surface area contributed by atoms with Crippen molar-refractivity contribution in [3.63, 3.8) is 0 Å². The van der Waals surface area contributed by atoms with Crippen LogP contribution in [0.5, 0.6) is 0 Å². The standard InChI is InChI=1S/C20H24N2O2/c1-4-17-8-10-19(11-9-17)22(16(3)23)13-12-21-20(24)18-7-5-6-15(2)14-18/h5-11,14H,4,12-13H2,1-3H3,(H,21,24). The minimum Gasteiger partial charge on any atom is -0.350 e. The molecule has 0 aliphatic heterocycles. The van der Waals surface area contributed by atoms with Gasteiger partial charge in [0.15, 0.2) is 0 Å². The van der Waals surface area contributed by atoms with Crippen LogP contribution in [0.1, 0.15) is 35.3 Å². The molecule has 0 heterocycles. The second kappa shape index (κ2) is 8.29. The first-order chi connectivity index (χ1) is 11.5. The summed E-state index contributed by atoms with van der Waals surface area (Å²) in [5.74, 6) is -0.160. The zero-order chi connectivity index (χ0) is 17.5. The average Bonchev–Trinajstić information content (AvgIpc) is 2.58. The lowest BCUT2D eigenvalue weighted by Crippen LogP contribution is -2.37. The van der Waals surface area contributed by atoms with Gasteiger partial charge in [-0.25, -0.2) is 0 Å². The van der Waals surface area contributed by atoms with Crippen molar-refractivity contribution in [2.45, 2.75) is 27.2 Å². The first-order valence-corrected chi connectivity index (χ1v) is 8.23. The second-order valence-corrected chi connectivity index (χ2v) is 5.82. The van der Waals surface area contributed by atoms with Gasteiger partial charge in [0.1, 0.15) is 0 Å². The lowest BCUT2D eigenvalue weighted by Gasteiger charge is -2.21. The van der Waals surface area contributed by atoms with Crippen LogP contribution in [-0.2, 0) is 11.2 Å². The van der Waals surface area contributed by atoms with E-state index in [2.05, 4.69) is 12.2 Å². The van der Waals surface area contributed by atoms with Gasteiger partial charge < -0.3 is 10.2 Å². The molecule has 0 saturated heterocycles. The quantitative estimate of drug-likeness (QED) is 0.886. The largest absolute Gasteiger partial charge is 0.350 e. The van der Waals surface area contributed by atoms with Gasteiger partial charge in [-0.2, -0.15) is 0 Å². The summed E-state index contributed by atoms with van der Waals surface area (Å²) in [6.07, 6.45) is 0.965. The SMILES string of the molecule is CCc1ccc(N(CCNC(=O)c2cccc(C)c2)C(C)=O)cc1. The fourth-order valence-corrected chi connectivity index (χ4v) is 2.55. The highest BCUT2D eigenvalue weighted by molar-refractivity contribution is 5.95. The van der Waals surface area contributed by atoms with Crippen LogP contribution in [0.25, 0.3) is 0 Å². The first-order valence-electron chi connectivity index (χ1n) is 8.23. The minimum atomic E-state index is -0.122.